The molecule has 3 rings (SSSR count). The molecule has 1 aromatic rings. The quantitative estimate of drug-likeness (QED) is 0.701. The molecule has 0 saturated carbocycles. The zero-order valence-corrected chi connectivity index (χ0v) is 8.55. The maximum atomic E-state index is 13.0. The van der Waals surface area contributed by atoms with E-state index in [0.717, 1.165) is 43.7 Å². The molecule has 0 aliphatic carbocycles. The molecule has 1 fully saturated rings. The van der Waals surface area contributed by atoms with Crippen LogP contribution in [0.3, 0.4) is 0 Å². The zero-order chi connectivity index (χ0) is 10.3. The molecule has 15 heavy (non-hydrogen) atoms. The number of hydrogen-bond donors (Lipinski definition) is 1. The van der Waals surface area contributed by atoms with Crippen molar-refractivity contribution in [3.05, 3.63) is 29.6 Å². The van der Waals surface area contributed by atoms with E-state index in [2.05, 4.69) is 5.32 Å². The highest BCUT2D eigenvalue weighted by Crippen LogP contribution is 2.38. The number of halogens is 1. The van der Waals surface area contributed by atoms with Gasteiger partial charge in [-0.1, -0.05) is 0 Å². The number of ether oxygens (including phenoxy) is 1. The molecule has 2 heterocycles. The Kier molecular flexibility index (Phi) is 1.96. The van der Waals surface area contributed by atoms with Gasteiger partial charge in [0.25, 0.3) is 0 Å². The summed E-state index contributed by atoms with van der Waals surface area (Å²) in [7, 11) is 0. The van der Waals surface area contributed by atoms with E-state index in [1.807, 2.05) is 0 Å². The minimum Gasteiger partial charge on any atom is -0.485 e. The molecule has 1 aromatic carbocycles. The summed E-state index contributed by atoms with van der Waals surface area (Å²) >= 11 is 0. The fraction of sp³-hybridized carbons (Fsp3) is 0.500. The third kappa shape index (κ3) is 1.51. The molecule has 0 radical (unpaired) electrons. The lowest BCUT2D eigenvalue weighted by atomic mass is 9.89. The summed E-state index contributed by atoms with van der Waals surface area (Å²) < 4.78 is 19.0. The van der Waals surface area contributed by atoms with E-state index >= 15 is 0 Å². The topological polar surface area (TPSA) is 21.3 Å². The molecule has 0 bridgehead atoms. The summed E-state index contributed by atoms with van der Waals surface area (Å²) in [5.41, 5.74) is 0.910. The summed E-state index contributed by atoms with van der Waals surface area (Å²) in [6.45, 7) is 1.94. The van der Waals surface area contributed by atoms with Crippen molar-refractivity contribution in [2.45, 2.75) is 24.9 Å². The summed E-state index contributed by atoms with van der Waals surface area (Å²) in [6.07, 6.45) is 3.04. The predicted octanol–water partition coefficient (Wildman–Crippen LogP) is 1.88. The number of piperidine rings is 1. The minimum atomic E-state index is -0.168. The van der Waals surface area contributed by atoms with Crippen molar-refractivity contribution in [3.8, 4) is 5.75 Å². The largest absolute Gasteiger partial charge is 0.485 e. The highest BCUT2D eigenvalue weighted by Gasteiger charge is 2.40. The van der Waals surface area contributed by atoms with E-state index in [1.165, 1.54) is 6.07 Å². The molecule has 1 unspecified atom stereocenters. The third-order valence-electron chi connectivity index (χ3n) is 3.29. The molecule has 1 spiro atoms. The smallest absolute Gasteiger partial charge is 0.126 e. The van der Waals surface area contributed by atoms with E-state index < -0.39 is 0 Å². The van der Waals surface area contributed by atoms with Gasteiger partial charge in [0, 0.05) is 18.5 Å². The van der Waals surface area contributed by atoms with Crippen molar-refractivity contribution in [1.82, 2.24) is 5.32 Å². The molecule has 0 aromatic heterocycles. The second kappa shape index (κ2) is 3.20. The Morgan fingerprint density at radius 3 is 3.13 bits per heavy atom. The predicted molar refractivity (Wildman–Crippen MR) is 55.6 cm³/mol. The Balaban J connectivity index is 1.90. The minimum absolute atomic E-state index is 0.103. The van der Waals surface area contributed by atoms with Crippen LogP contribution in [0.1, 0.15) is 18.4 Å². The maximum absolute atomic E-state index is 13.0. The van der Waals surface area contributed by atoms with Gasteiger partial charge >= 0.3 is 0 Å². The molecule has 0 amide bonds. The van der Waals surface area contributed by atoms with E-state index in [-0.39, 0.29) is 11.4 Å². The Bertz CT molecular complexity index is 385. The van der Waals surface area contributed by atoms with Gasteiger partial charge in [0.2, 0.25) is 0 Å². The van der Waals surface area contributed by atoms with Crippen LogP contribution < -0.4 is 10.1 Å². The summed E-state index contributed by atoms with van der Waals surface area (Å²) in [4.78, 5) is 0. The Morgan fingerprint density at radius 1 is 1.40 bits per heavy atom. The molecule has 3 heteroatoms. The number of nitrogens with one attached hydrogen (secondary N) is 1. The SMILES string of the molecule is Fc1ccc2c(c1)CC1(CCCNC1)O2. The molecular weight excluding hydrogens is 193 g/mol. The average Bonchev–Trinajstić information content (AvgIpc) is 2.56. The second-order valence-corrected chi connectivity index (χ2v) is 4.49. The summed E-state index contributed by atoms with van der Waals surface area (Å²) in [6, 6.07) is 4.81. The standard InChI is InChI=1S/C12H14FNO/c13-10-2-3-11-9(6-10)7-12(15-11)4-1-5-14-8-12/h2-3,6,14H,1,4-5,7-8H2. The average molecular weight is 207 g/mol. The molecule has 2 nitrogen and oxygen atoms in total. The van der Waals surface area contributed by atoms with Gasteiger partial charge in [-0.05, 0) is 37.6 Å². The van der Waals surface area contributed by atoms with Crippen LogP contribution in [0.25, 0.3) is 0 Å². The van der Waals surface area contributed by atoms with Crippen molar-refractivity contribution in [1.29, 1.82) is 0 Å². The number of rotatable bonds is 0. The molecule has 2 aliphatic rings. The van der Waals surface area contributed by atoms with Crippen LogP contribution in [0.5, 0.6) is 5.75 Å². The van der Waals surface area contributed by atoms with Gasteiger partial charge in [0.05, 0.1) is 0 Å². The fourth-order valence-electron chi connectivity index (χ4n) is 2.58. The van der Waals surface area contributed by atoms with Gasteiger partial charge in [-0.15, -0.1) is 0 Å². The van der Waals surface area contributed by atoms with Crippen molar-refractivity contribution in [2.75, 3.05) is 13.1 Å². The first-order valence-electron chi connectivity index (χ1n) is 5.46. The normalized spacial score (nSPS) is 28.9. The summed E-state index contributed by atoms with van der Waals surface area (Å²) in [5.74, 6) is 0.693. The summed E-state index contributed by atoms with van der Waals surface area (Å²) in [5, 5.41) is 3.35. The molecular formula is C12H14FNO. The van der Waals surface area contributed by atoms with Gasteiger partial charge in [0.1, 0.15) is 17.2 Å². The van der Waals surface area contributed by atoms with Crippen LogP contribution in [0.2, 0.25) is 0 Å². The number of fused-ring (bicyclic) bond motifs is 1. The van der Waals surface area contributed by atoms with Crippen molar-refractivity contribution in [3.63, 3.8) is 0 Å². The van der Waals surface area contributed by atoms with Gasteiger partial charge in [0.15, 0.2) is 0 Å². The fourth-order valence-corrected chi connectivity index (χ4v) is 2.58. The van der Waals surface area contributed by atoms with Crippen LogP contribution >= 0.6 is 0 Å². The molecule has 80 valence electrons. The Labute approximate surface area is 88.4 Å². The number of benzene rings is 1. The van der Waals surface area contributed by atoms with Crippen molar-refractivity contribution >= 4 is 0 Å². The lowest BCUT2D eigenvalue weighted by Crippen LogP contribution is -2.49. The molecule has 2 aliphatic heterocycles. The first kappa shape index (κ1) is 9.16. The van der Waals surface area contributed by atoms with Gasteiger partial charge in [-0.2, -0.15) is 0 Å². The van der Waals surface area contributed by atoms with E-state index in [9.17, 15) is 4.39 Å². The highest BCUT2D eigenvalue weighted by atomic mass is 19.1. The Hall–Kier alpha value is -1.09. The van der Waals surface area contributed by atoms with Crippen LogP contribution in [0.15, 0.2) is 18.2 Å². The van der Waals surface area contributed by atoms with E-state index in [0.29, 0.717) is 0 Å². The zero-order valence-electron chi connectivity index (χ0n) is 8.55. The molecule has 1 atom stereocenters. The van der Waals surface area contributed by atoms with Crippen molar-refractivity contribution < 1.29 is 9.13 Å². The van der Waals surface area contributed by atoms with Gasteiger partial charge < -0.3 is 10.1 Å². The van der Waals surface area contributed by atoms with Crippen LogP contribution in [-0.2, 0) is 6.42 Å². The van der Waals surface area contributed by atoms with Crippen LogP contribution in [0, 0.1) is 5.82 Å². The number of hydrogen-bond acceptors (Lipinski definition) is 2. The van der Waals surface area contributed by atoms with Crippen LogP contribution in [-0.4, -0.2) is 18.7 Å². The van der Waals surface area contributed by atoms with Crippen molar-refractivity contribution in [2.24, 2.45) is 0 Å². The first-order chi connectivity index (χ1) is 7.27. The monoisotopic (exact) mass is 207 g/mol. The Morgan fingerprint density at radius 2 is 2.33 bits per heavy atom. The molecule has 1 N–H and O–H groups in total. The van der Waals surface area contributed by atoms with E-state index in [4.69, 9.17) is 4.74 Å². The van der Waals surface area contributed by atoms with E-state index in [1.54, 1.807) is 12.1 Å². The lowest BCUT2D eigenvalue weighted by molar-refractivity contribution is 0.0660. The first-order valence-corrected chi connectivity index (χ1v) is 5.46. The van der Waals surface area contributed by atoms with Crippen LogP contribution in [0.4, 0.5) is 4.39 Å². The van der Waals surface area contributed by atoms with Gasteiger partial charge in [-0.3, -0.25) is 0 Å². The highest BCUT2D eigenvalue weighted by molar-refractivity contribution is 5.40. The lowest BCUT2D eigenvalue weighted by Gasteiger charge is -2.33. The molecule has 1 saturated heterocycles. The van der Waals surface area contributed by atoms with Gasteiger partial charge in [-0.25, -0.2) is 4.39 Å². The third-order valence-corrected chi connectivity index (χ3v) is 3.29. The second-order valence-electron chi connectivity index (χ2n) is 4.49. The maximum Gasteiger partial charge on any atom is 0.126 e.